The standard InChI is InChI=1S/C32H30ClNO4/c1-32(2,3)19-34-27-16-13-21(33)17-26(27)30(38-28(31(34)37)18-29(35)36)25-15-14-22(20-9-5-4-6-10-20)23-11-7-8-12-24(23)25/h4-17,28,30H,18-19H2,1-3H3,(H,35,36)/t28-,30-/m0/s1. The Bertz CT molecular complexity index is 1510. The highest BCUT2D eigenvalue weighted by Crippen LogP contribution is 2.44. The number of carbonyl (C=O) groups excluding carboxylic acids is 1. The third kappa shape index (κ3) is 5.17. The lowest BCUT2D eigenvalue weighted by atomic mass is 9.90. The van der Waals surface area contributed by atoms with Gasteiger partial charge in [-0.1, -0.05) is 99.1 Å². The molecule has 1 N–H and O–H groups in total. The fourth-order valence-electron chi connectivity index (χ4n) is 5.16. The highest BCUT2D eigenvalue weighted by atomic mass is 35.5. The van der Waals surface area contributed by atoms with E-state index in [0.29, 0.717) is 17.3 Å². The van der Waals surface area contributed by atoms with Crippen molar-refractivity contribution in [3.63, 3.8) is 0 Å². The first-order valence-electron chi connectivity index (χ1n) is 12.7. The molecule has 5 rings (SSSR count). The molecule has 0 fully saturated rings. The Balaban J connectivity index is 1.74. The summed E-state index contributed by atoms with van der Waals surface area (Å²) >= 11 is 6.49. The van der Waals surface area contributed by atoms with Crippen LogP contribution in [0.3, 0.4) is 0 Å². The monoisotopic (exact) mass is 527 g/mol. The zero-order chi connectivity index (χ0) is 27.0. The van der Waals surface area contributed by atoms with Crippen molar-refractivity contribution in [2.75, 3.05) is 11.4 Å². The van der Waals surface area contributed by atoms with Gasteiger partial charge < -0.3 is 14.7 Å². The fraction of sp³-hybridized carbons (Fsp3) is 0.250. The fourth-order valence-corrected chi connectivity index (χ4v) is 5.34. The van der Waals surface area contributed by atoms with E-state index in [9.17, 15) is 14.7 Å². The van der Waals surface area contributed by atoms with Gasteiger partial charge in [0.25, 0.3) is 5.91 Å². The second kappa shape index (κ2) is 10.2. The molecule has 0 radical (unpaired) electrons. The number of hydrogen-bond acceptors (Lipinski definition) is 3. The Morgan fingerprint density at radius 3 is 2.29 bits per heavy atom. The number of aliphatic carboxylic acids is 1. The molecule has 38 heavy (non-hydrogen) atoms. The number of carboxylic acids is 1. The number of amides is 1. The minimum atomic E-state index is -1.15. The van der Waals surface area contributed by atoms with Crippen molar-refractivity contribution in [3.8, 4) is 11.1 Å². The first kappa shape index (κ1) is 26.0. The Labute approximate surface area is 227 Å². The van der Waals surface area contributed by atoms with Gasteiger partial charge in [0.05, 0.1) is 6.42 Å². The van der Waals surface area contributed by atoms with E-state index < -0.39 is 24.6 Å². The number of hydrogen-bond donors (Lipinski definition) is 1. The Morgan fingerprint density at radius 2 is 1.61 bits per heavy atom. The summed E-state index contributed by atoms with van der Waals surface area (Å²) in [4.78, 5) is 27.3. The normalized spacial score (nSPS) is 17.8. The summed E-state index contributed by atoms with van der Waals surface area (Å²) in [5.74, 6) is -1.45. The largest absolute Gasteiger partial charge is 0.481 e. The maximum atomic E-state index is 13.8. The van der Waals surface area contributed by atoms with Crippen molar-refractivity contribution in [2.45, 2.75) is 39.4 Å². The van der Waals surface area contributed by atoms with Crippen molar-refractivity contribution < 1.29 is 19.4 Å². The van der Waals surface area contributed by atoms with E-state index in [4.69, 9.17) is 16.3 Å². The minimum Gasteiger partial charge on any atom is -0.481 e. The number of fused-ring (bicyclic) bond motifs is 2. The summed E-state index contributed by atoms with van der Waals surface area (Å²) in [7, 11) is 0. The molecule has 0 bridgehead atoms. The van der Waals surface area contributed by atoms with Gasteiger partial charge in [-0.3, -0.25) is 9.59 Å². The zero-order valence-electron chi connectivity index (χ0n) is 21.6. The second-order valence-electron chi connectivity index (χ2n) is 10.9. The predicted octanol–water partition coefficient (Wildman–Crippen LogP) is 7.50. The van der Waals surface area contributed by atoms with Crippen LogP contribution in [0.25, 0.3) is 21.9 Å². The van der Waals surface area contributed by atoms with Gasteiger partial charge in [0.1, 0.15) is 12.2 Å². The van der Waals surface area contributed by atoms with Crippen LogP contribution >= 0.6 is 11.6 Å². The Hall–Kier alpha value is -3.67. The molecule has 5 nitrogen and oxygen atoms in total. The van der Waals surface area contributed by atoms with Crippen LogP contribution in [-0.2, 0) is 14.3 Å². The van der Waals surface area contributed by atoms with Crippen LogP contribution in [0.4, 0.5) is 5.69 Å². The lowest BCUT2D eigenvalue weighted by Crippen LogP contribution is -2.44. The summed E-state index contributed by atoms with van der Waals surface area (Å²) in [6.45, 7) is 6.53. The molecule has 194 valence electrons. The highest BCUT2D eigenvalue weighted by Gasteiger charge is 2.39. The average Bonchev–Trinajstić information content (AvgIpc) is 2.98. The average molecular weight is 528 g/mol. The Kier molecular flexibility index (Phi) is 6.99. The molecule has 0 saturated carbocycles. The molecule has 4 aromatic carbocycles. The van der Waals surface area contributed by atoms with Gasteiger partial charge in [-0.25, -0.2) is 0 Å². The SMILES string of the molecule is CC(C)(C)CN1C(=O)[C@H](CC(=O)O)O[C@@H](c2ccc(-c3ccccc3)c3ccccc23)c2cc(Cl)ccc21. The van der Waals surface area contributed by atoms with E-state index in [2.05, 4.69) is 24.3 Å². The third-order valence-electron chi connectivity index (χ3n) is 6.72. The van der Waals surface area contributed by atoms with Crippen LogP contribution in [0.2, 0.25) is 5.02 Å². The van der Waals surface area contributed by atoms with E-state index in [1.807, 2.05) is 75.4 Å². The molecule has 6 heteroatoms. The number of rotatable bonds is 5. The van der Waals surface area contributed by atoms with Crippen molar-refractivity contribution in [1.82, 2.24) is 0 Å². The van der Waals surface area contributed by atoms with E-state index in [1.54, 1.807) is 11.0 Å². The second-order valence-corrected chi connectivity index (χ2v) is 11.3. The summed E-state index contributed by atoms with van der Waals surface area (Å²) in [6.07, 6.45) is -2.28. The number of carboxylic acid groups (broad SMARTS) is 1. The third-order valence-corrected chi connectivity index (χ3v) is 6.96. The van der Waals surface area contributed by atoms with Crippen molar-refractivity contribution in [3.05, 3.63) is 101 Å². The maximum absolute atomic E-state index is 13.8. The summed E-state index contributed by atoms with van der Waals surface area (Å²) in [5.41, 5.74) is 4.21. The number of halogens is 1. The predicted molar refractivity (Wildman–Crippen MR) is 152 cm³/mol. The lowest BCUT2D eigenvalue weighted by molar-refractivity contribution is -0.147. The topological polar surface area (TPSA) is 66.8 Å². The smallest absolute Gasteiger partial charge is 0.306 e. The van der Waals surface area contributed by atoms with Gasteiger partial charge in [-0.2, -0.15) is 0 Å². The first-order valence-corrected chi connectivity index (χ1v) is 13.1. The summed E-state index contributed by atoms with van der Waals surface area (Å²) < 4.78 is 6.47. The lowest BCUT2D eigenvalue weighted by Gasteiger charge is -2.31. The maximum Gasteiger partial charge on any atom is 0.306 e. The molecule has 2 atom stereocenters. The van der Waals surface area contributed by atoms with Crippen molar-refractivity contribution >= 4 is 39.9 Å². The molecule has 0 saturated heterocycles. The van der Waals surface area contributed by atoms with E-state index in [-0.39, 0.29) is 11.3 Å². The Morgan fingerprint density at radius 1 is 0.921 bits per heavy atom. The first-order chi connectivity index (χ1) is 18.1. The van der Waals surface area contributed by atoms with E-state index in [0.717, 1.165) is 33.0 Å². The molecule has 0 spiro atoms. The molecule has 0 aliphatic carbocycles. The van der Waals surface area contributed by atoms with Crippen LogP contribution in [-0.4, -0.2) is 29.6 Å². The summed E-state index contributed by atoms with van der Waals surface area (Å²) in [6, 6.07) is 27.7. The van der Waals surface area contributed by atoms with E-state index in [1.165, 1.54) is 0 Å². The summed E-state index contributed by atoms with van der Waals surface area (Å²) in [5, 5.41) is 12.2. The molecule has 1 amide bonds. The van der Waals surface area contributed by atoms with Crippen LogP contribution in [0.15, 0.2) is 84.9 Å². The quantitative estimate of drug-likeness (QED) is 0.292. The number of carbonyl (C=O) groups is 2. The zero-order valence-corrected chi connectivity index (χ0v) is 22.4. The minimum absolute atomic E-state index is 0.232. The molecular weight excluding hydrogens is 498 g/mol. The van der Waals surface area contributed by atoms with E-state index >= 15 is 0 Å². The number of nitrogens with zero attached hydrogens (tertiary/aromatic N) is 1. The van der Waals surface area contributed by atoms with Gasteiger partial charge in [-0.05, 0) is 51.1 Å². The van der Waals surface area contributed by atoms with Crippen LogP contribution < -0.4 is 4.90 Å². The molecule has 0 unspecified atom stereocenters. The van der Waals surface area contributed by atoms with Crippen LogP contribution in [0.5, 0.6) is 0 Å². The number of benzene rings is 4. The van der Waals surface area contributed by atoms with Gasteiger partial charge >= 0.3 is 5.97 Å². The van der Waals surface area contributed by atoms with Gasteiger partial charge in [-0.15, -0.1) is 0 Å². The van der Waals surface area contributed by atoms with Crippen molar-refractivity contribution in [1.29, 1.82) is 0 Å². The van der Waals surface area contributed by atoms with Crippen molar-refractivity contribution in [2.24, 2.45) is 5.41 Å². The molecule has 4 aromatic rings. The molecular formula is C32H30ClNO4. The molecule has 1 heterocycles. The molecule has 0 aromatic heterocycles. The highest BCUT2D eigenvalue weighted by molar-refractivity contribution is 6.30. The number of anilines is 1. The van der Waals surface area contributed by atoms with Gasteiger partial charge in [0.15, 0.2) is 0 Å². The van der Waals surface area contributed by atoms with Crippen LogP contribution in [0, 0.1) is 5.41 Å². The molecule has 1 aliphatic heterocycles. The van der Waals surface area contributed by atoms with Crippen LogP contribution in [0.1, 0.15) is 44.4 Å². The number of ether oxygens (including phenoxy) is 1. The molecule has 1 aliphatic rings. The van der Waals surface area contributed by atoms with Gasteiger partial charge in [0.2, 0.25) is 0 Å². The van der Waals surface area contributed by atoms with Gasteiger partial charge in [0, 0.05) is 22.8 Å².